The number of benzene rings is 1. The Morgan fingerprint density at radius 2 is 2.31 bits per heavy atom. The van der Waals surface area contributed by atoms with Crippen LogP contribution in [-0.4, -0.2) is 17.7 Å². The van der Waals surface area contributed by atoms with Crippen LogP contribution < -0.4 is 10.5 Å². The molecule has 0 aromatic heterocycles. The minimum Gasteiger partial charge on any atom is -0.493 e. The van der Waals surface area contributed by atoms with Crippen LogP contribution in [0.2, 0.25) is 0 Å². The summed E-state index contributed by atoms with van der Waals surface area (Å²) in [7, 11) is 0. The first-order valence-electron chi connectivity index (χ1n) is 4.97. The van der Waals surface area contributed by atoms with E-state index in [1.807, 2.05) is 0 Å². The molecule has 1 aromatic rings. The maximum atomic E-state index is 10.3. The fraction of sp³-hybridized carbons (Fsp3) is 0.250. The standard InChI is InChI=1S/C12H15NO3/c1-2-3-9-8-10(13)4-5-11(9)16-7-6-12(14)15/h2,4-5,8H,1,3,6-7,13H2,(H,14,15). The molecule has 0 aliphatic carbocycles. The van der Waals surface area contributed by atoms with Gasteiger partial charge in [-0.3, -0.25) is 4.79 Å². The van der Waals surface area contributed by atoms with Gasteiger partial charge in [0.15, 0.2) is 0 Å². The first-order valence-corrected chi connectivity index (χ1v) is 4.97. The Morgan fingerprint density at radius 1 is 1.56 bits per heavy atom. The summed E-state index contributed by atoms with van der Waals surface area (Å²) in [5.74, 6) is -0.212. The van der Waals surface area contributed by atoms with Gasteiger partial charge in [0.25, 0.3) is 0 Å². The molecular weight excluding hydrogens is 206 g/mol. The Balaban J connectivity index is 2.70. The fourth-order valence-electron chi connectivity index (χ4n) is 1.30. The molecule has 0 bridgehead atoms. The molecule has 86 valence electrons. The van der Waals surface area contributed by atoms with Crippen LogP contribution in [0.15, 0.2) is 30.9 Å². The molecule has 16 heavy (non-hydrogen) atoms. The number of carbonyl (C=O) groups is 1. The van der Waals surface area contributed by atoms with Crippen LogP contribution in [0.1, 0.15) is 12.0 Å². The molecule has 0 amide bonds. The lowest BCUT2D eigenvalue weighted by molar-refractivity contribution is -0.137. The van der Waals surface area contributed by atoms with E-state index in [0.29, 0.717) is 17.9 Å². The van der Waals surface area contributed by atoms with Crippen LogP contribution in [0.4, 0.5) is 5.69 Å². The lowest BCUT2D eigenvalue weighted by Crippen LogP contribution is -2.06. The minimum absolute atomic E-state index is 0.0160. The highest BCUT2D eigenvalue weighted by Gasteiger charge is 2.04. The van der Waals surface area contributed by atoms with Crippen molar-refractivity contribution >= 4 is 11.7 Å². The van der Waals surface area contributed by atoms with Crippen LogP contribution in [0.25, 0.3) is 0 Å². The van der Waals surface area contributed by atoms with E-state index < -0.39 is 5.97 Å². The molecule has 0 atom stereocenters. The molecule has 4 heteroatoms. The van der Waals surface area contributed by atoms with Crippen molar-refractivity contribution in [3.05, 3.63) is 36.4 Å². The van der Waals surface area contributed by atoms with Gasteiger partial charge in [0, 0.05) is 5.69 Å². The van der Waals surface area contributed by atoms with Crippen molar-refractivity contribution in [3.8, 4) is 5.75 Å². The van der Waals surface area contributed by atoms with Gasteiger partial charge >= 0.3 is 5.97 Å². The number of hydrogen-bond acceptors (Lipinski definition) is 3. The summed E-state index contributed by atoms with van der Waals surface area (Å²) in [6.07, 6.45) is 2.38. The molecular formula is C12H15NO3. The number of aliphatic carboxylic acids is 1. The highest BCUT2D eigenvalue weighted by Crippen LogP contribution is 2.22. The summed E-state index contributed by atoms with van der Waals surface area (Å²) in [6.45, 7) is 3.80. The average molecular weight is 221 g/mol. The van der Waals surface area contributed by atoms with E-state index in [1.54, 1.807) is 24.3 Å². The summed E-state index contributed by atoms with van der Waals surface area (Å²) >= 11 is 0. The number of rotatable bonds is 6. The third kappa shape index (κ3) is 3.65. The smallest absolute Gasteiger partial charge is 0.306 e. The maximum Gasteiger partial charge on any atom is 0.306 e. The highest BCUT2D eigenvalue weighted by molar-refractivity contribution is 5.66. The second-order valence-electron chi connectivity index (χ2n) is 3.35. The summed E-state index contributed by atoms with van der Waals surface area (Å²) in [5.41, 5.74) is 7.22. The number of allylic oxidation sites excluding steroid dienone is 1. The molecule has 1 aromatic carbocycles. The van der Waals surface area contributed by atoms with E-state index in [4.69, 9.17) is 15.6 Å². The molecule has 1 rings (SSSR count). The molecule has 0 radical (unpaired) electrons. The zero-order valence-electron chi connectivity index (χ0n) is 8.98. The third-order valence-electron chi connectivity index (χ3n) is 2.02. The largest absolute Gasteiger partial charge is 0.493 e. The number of ether oxygens (including phenoxy) is 1. The summed E-state index contributed by atoms with van der Waals surface area (Å²) in [5, 5.41) is 8.49. The number of hydrogen-bond donors (Lipinski definition) is 2. The van der Waals surface area contributed by atoms with Crippen LogP contribution in [0.5, 0.6) is 5.75 Å². The highest BCUT2D eigenvalue weighted by atomic mass is 16.5. The second kappa shape index (κ2) is 5.80. The molecule has 0 aliphatic rings. The normalized spacial score (nSPS) is 9.75. The van der Waals surface area contributed by atoms with E-state index in [1.165, 1.54) is 0 Å². The van der Waals surface area contributed by atoms with E-state index in [2.05, 4.69) is 6.58 Å². The molecule has 0 spiro atoms. The Morgan fingerprint density at radius 3 is 2.94 bits per heavy atom. The van der Waals surface area contributed by atoms with Gasteiger partial charge in [0.05, 0.1) is 13.0 Å². The average Bonchev–Trinajstić information content (AvgIpc) is 2.21. The number of nitrogen functional groups attached to an aromatic ring is 1. The van der Waals surface area contributed by atoms with Gasteiger partial charge in [-0.15, -0.1) is 6.58 Å². The molecule has 3 N–H and O–H groups in total. The van der Waals surface area contributed by atoms with Gasteiger partial charge in [0.1, 0.15) is 5.75 Å². The van der Waals surface area contributed by atoms with Crippen molar-refractivity contribution < 1.29 is 14.6 Å². The quantitative estimate of drug-likeness (QED) is 0.568. The van der Waals surface area contributed by atoms with Gasteiger partial charge < -0.3 is 15.6 Å². The van der Waals surface area contributed by atoms with Crippen molar-refractivity contribution in [1.82, 2.24) is 0 Å². The Labute approximate surface area is 94.3 Å². The topological polar surface area (TPSA) is 72.5 Å². The fourth-order valence-corrected chi connectivity index (χ4v) is 1.30. The number of nitrogens with two attached hydrogens (primary N) is 1. The van der Waals surface area contributed by atoms with Gasteiger partial charge in [-0.05, 0) is 30.2 Å². The molecule has 0 aliphatic heterocycles. The summed E-state index contributed by atoms with van der Waals surface area (Å²) < 4.78 is 5.37. The lowest BCUT2D eigenvalue weighted by Gasteiger charge is -2.10. The number of anilines is 1. The van der Waals surface area contributed by atoms with Gasteiger partial charge in [0.2, 0.25) is 0 Å². The summed E-state index contributed by atoms with van der Waals surface area (Å²) in [6, 6.07) is 5.27. The van der Waals surface area contributed by atoms with Crippen LogP contribution in [0.3, 0.4) is 0 Å². The SMILES string of the molecule is C=CCc1cc(N)ccc1OCCC(=O)O. The first-order chi connectivity index (χ1) is 7.63. The Bertz CT molecular complexity index is 388. The molecule has 0 saturated heterocycles. The monoisotopic (exact) mass is 221 g/mol. The van der Waals surface area contributed by atoms with Crippen molar-refractivity contribution in [2.24, 2.45) is 0 Å². The van der Waals surface area contributed by atoms with Crippen molar-refractivity contribution in [1.29, 1.82) is 0 Å². The van der Waals surface area contributed by atoms with E-state index in [-0.39, 0.29) is 13.0 Å². The zero-order valence-corrected chi connectivity index (χ0v) is 8.98. The maximum absolute atomic E-state index is 10.3. The second-order valence-corrected chi connectivity index (χ2v) is 3.35. The zero-order chi connectivity index (χ0) is 12.0. The Hall–Kier alpha value is -1.97. The first kappa shape index (κ1) is 12.1. The molecule has 0 saturated carbocycles. The Kier molecular flexibility index (Phi) is 4.39. The van der Waals surface area contributed by atoms with Gasteiger partial charge in [-0.2, -0.15) is 0 Å². The van der Waals surface area contributed by atoms with Crippen molar-refractivity contribution in [2.75, 3.05) is 12.3 Å². The third-order valence-corrected chi connectivity index (χ3v) is 2.02. The van der Waals surface area contributed by atoms with E-state index >= 15 is 0 Å². The predicted molar refractivity (Wildman–Crippen MR) is 62.5 cm³/mol. The van der Waals surface area contributed by atoms with Crippen LogP contribution in [0, 0.1) is 0 Å². The van der Waals surface area contributed by atoms with E-state index in [9.17, 15) is 4.79 Å². The van der Waals surface area contributed by atoms with Gasteiger partial charge in [-0.1, -0.05) is 6.08 Å². The van der Waals surface area contributed by atoms with E-state index in [0.717, 1.165) is 5.56 Å². The number of carboxylic acids is 1. The molecule has 0 unspecified atom stereocenters. The number of carboxylic acid groups (broad SMARTS) is 1. The van der Waals surface area contributed by atoms with Gasteiger partial charge in [-0.25, -0.2) is 0 Å². The molecule has 0 fully saturated rings. The minimum atomic E-state index is -0.874. The van der Waals surface area contributed by atoms with Crippen LogP contribution in [-0.2, 0) is 11.2 Å². The lowest BCUT2D eigenvalue weighted by atomic mass is 10.1. The summed E-state index contributed by atoms with van der Waals surface area (Å²) in [4.78, 5) is 10.3. The van der Waals surface area contributed by atoms with Crippen molar-refractivity contribution in [3.63, 3.8) is 0 Å². The molecule has 4 nitrogen and oxygen atoms in total. The van der Waals surface area contributed by atoms with Crippen molar-refractivity contribution in [2.45, 2.75) is 12.8 Å². The molecule has 0 heterocycles. The predicted octanol–water partition coefficient (Wildman–Crippen LogP) is 1.85. The van der Waals surface area contributed by atoms with Crippen LogP contribution >= 0.6 is 0 Å².